The predicted octanol–water partition coefficient (Wildman–Crippen LogP) is 3.57. The van der Waals surface area contributed by atoms with Crippen LogP contribution in [0.25, 0.3) is 33.7 Å². The SMILES string of the molecule is Cn1nc(-c2ccccc2)cc1Nc1cc(-c2ncccn2)c2cnn(C)c2n1. The number of hydrogen-bond donors (Lipinski definition) is 1. The summed E-state index contributed by atoms with van der Waals surface area (Å²) in [6.45, 7) is 0. The van der Waals surface area contributed by atoms with Crippen LogP contribution in [0.4, 0.5) is 11.6 Å². The third kappa shape index (κ3) is 3.10. The second-order valence-corrected chi connectivity index (χ2v) is 6.66. The number of nitrogens with one attached hydrogen (secondary N) is 1. The largest absolute Gasteiger partial charge is 0.325 e. The number of aryl methyl sites for hydroxylation is 2. The average Bonchev–Trinajstić information content (AvgIpc) is 3.32. The molecule has 8 nitrogen and oxygen atoms in total. The highest BCUT2D eigenvalue weighted by molar-refractivity contribution is 5.92. The Balaban J connectivity index is 1.58. The van der Waals surface area contributed by atoms with Crippen molar-refractivity contribution in [3.63, 3.8) is 0 Å². The van der Waals surface area contributed by atoms with Gasteiger partial charge in [-0.2, -0.15) is 10.2 Å². The van der Waals surface area contributed by atoms with Crippen LogP contribution >= 0.6 is 0 Å². The Kier molecular flexibility index (Phi) is 4.02. The van der Waals surface area contributed by atoms with Gasteiger partial charge >= 0.3 is 0 Å². The zero-order valence-corrected chi connectivity index (χ0v) is 16.0. The van der Waals surface area contributed by atoms with E-state index in [9.17, 15) is 0 Å². The van der Waals surface area contributed by atoms with E-state index < -0.39 is 0 Å². The van der Waals surface area contributed by atoms with Crippen molar-refractivity contribution in [1.29, 1.82) is 0 Å². The summed E-state index contributed by atoms with van der Waals surface area (Å²) in [6, 6.07) is 15.8. The Labute approximate surface area is 166 Å². The van der Waals surface area contributed by atoms with Crippen LogP contribution in [-0.4, -0.2) is 34.5 Å². The first-order chi connectivity index (χ1) is 14.2. The van der Waals surface area contributed by atoms with E-state index in [-0.39, 0.29) is 0 Å². The maximum atomic E-state index is 4.73. The Bertz CT molecular complexity index is 1290. The molecule has 0 amide bonds. The zero-order valence-electron chi connectivity index (χ0n) is 16.0. The minimum absolute atomic E-state index is 0.630. The first-order valence-electron chi connectivity index (χ1n) is 9.15. The Hall–Kier alpha value is -4.07. The van der Waals surface area contributed by atoms with E-state index in [2.05, 4.69) is 25.5 Å². The molecule has 29 heavy (non-hydrogen) atoms. The molecule has 0 aliphatic rings. The van der Waals surface area contributed by atoms with E-state index in [0.29, 0.717) is 11.6 Å². The second kappa shape index (κ2) is 6.83. The van der Waals surface area contributed by atoms with Gasteiger partial charge in [-0.1, -0.05) is 30.3 Å². The summed E-state index contributed by atoms with van der Waals surface area (Å²) in [7, 11) is 3.77. The lowest BCUT2D eigenvalue weighted by molar-refractivity contribution is 0.777. The Morgan fingerprint density at radius 3 is 2.48 bits per heavy atom. The first kappa shape index (κ1) is 17.1. The monoisotopic (exact) mass is 382 g/mol. The van der Waals surface area contributed by atoms with Crippen LogP contribution in [0.15, 0.2) is 67.1 Å². The van der Waals surface area contributed by atoms with Gasteiger partial charge in [-0.05, 0) is 12.1 Å². The van der Waals surface area contributed by atoms with Gasteiger partial charge in [0, 0.05) is 43.7 Å². The summed E-state index contributed by atoms with van der Waals surface area (Å²) >= 11 is 0. The first-order valence-corrected chi connectivity index (χ1v) is 9.15. The molecule has 4 aromatic heterocycles. The predicted molar refractivity (Wildman–Crippen MR) is 111 cm³/mol. The molecular formula is C21H18N8. The van der Waals surface area contributed by atoms with E-state index in [1.165, 1.54) is 0 Å². The van der Waals surface area contributed by atoms with E-state index in [0.717, 1.165) is 33.7 Å². The molecule has 0 unspecified atom stereocenters. The number of anilines is 2. The fourth-order valence-corrected chi connectivity index (χ4v) is 3.27. The molecule has 1 N–H and O–H groups in total. The van der Waals surface area contributed by atoms with Crippen LogP contribution in [0.2, 0.25) is 0 Å². The van der Waals surface area contributed by atoms with Gasteiger partial charge in [0.1, 0.15) is 11.6 Å². The van der Waals surface area contributed by atoms with Crippen molar-refractivity contribution < 1.29 is 0 Å². The molecule has 0 radical (unpaired) electrons. The number of benzene rings is 1. The number of rotatable bonds is 4. The fourth-order valence-electron chi connectivity index (χ4n) is 3.27. The molecule has 0 saturated carbocycles. The van der Waals surface area contributed by atoms with E-state index in [4.69, 9.17) is 4.98 Å². The van der Waals surface area contributed by atoms with Crippen LogP contribution in [0.3, 0.4) is 0 Å². The van der Waals surface area contributed by atoms with Crippen molar-refractivity contribution in [2.24, 2.45) is 14.1 Å². The molecule has 4 heterocycles. The lowest BCUT2D eigenvalue weighted by Gasteiger charge is -2.09. The quantitative estimate of drug-likeness (QED) is 0.511. The summed E-state index contributed by atoms with van der Waals surface area (Å²) < 4.78 is 3.54. The van der Waals surface area contributed by atoms with Crippen molar-refractivity contribution >= 4 is 22.7 Å². The van der Waals surface area contributed by atoms with Gasteiger partial charge in [0.2, 0.25) is 0 Å². The van der Waals surface area contributed by atoms with Gasteiger partial charge in [-0.15, -0.1) is 0 Å². The highest BCUT2D eigenvalue weighted by atomic mass is 15.3. The second-order valence-electron chi connectivity index (χ2n) is 6.66. The molecule has 0 aliphatic heterocycles. The smallest absolute Gasteiger partial charge is 0.160 e. The normalized spacial score (nSPS) is 11.1. The molecule has 5 rings (SSSR count). The standard InChI is InChI=1S/C21H18N8/c1-28-19(12-17(27-28)14-7-4-3-5-8-14)25-18-11-15(20-22-9-6-10-23-20)16-13-24-29(2)21(16)26-18/h3-13H,1-2H3,(H,25,26). The van der Waals surface area contributed by atoms with Crippen LogP contribution in [0.1, 0.15) is 0 Å². The van der Waals surface area contributed by atoms with Gasteiger partial charge < -0.3 is 5.32 Å². The van der Waals surface area contributed by atoms with Crippen LogP contribution in [-0.2, 0) is 14.1 Å². The molecular weight excluding hydrogens is 364 g/mol. The summed E-state index contributed by atoms with van der Waals surface area (Å²) in [5.74, 6) is 2.13. The summed E-state index contributed by atoms with van der Waals surface area (Å²) in [4.78, 5) is 13.5. The van der Waals surface area contributed by atoms with Crippen molar-refractivity contribution in [1.82, 2.24) is 34.5 Å². The number of pyridine rings is 1. The third-order valence-electron chi connectivity index (χ3n) is 4.72. The van der Waals surface area contributed by atoms with Crippen molar-refractivity contribution in [3.8, 4) is 22.6 Å². The molecule has 0 saturated heterocycles. The number of hydrogen-bond acceptors (Lipinski definition) is 6. The minimum atomic E-state index is 0.630. The number of nitrogens with zero attached hydrogens (tertiary/aromatic N) is 7. The maximum absolute atomic E-state index is 4.73. The molecule has 0 atom stereocenters. The highest BCUT2D eigenvalue weighted by Crippen LogP contribution is 2.29. The van der Waals surface area contributed by atoms with Gasteiger partial charge in [0.25, 0.3) is 0 Å². The summed E-state index contributed by atoms with van der Waals surface area (Å²) in [5, 5.41) is 13.2. The third-order valence-corrected chi connectivity index (χ3v) is 4.72. The molecule has 5 aromatic rings. The fraction of sp³-hybridized carbons (Fsp3) is 0.0952. The van der Waals surface area contributed by atoms with Crippen LogP contribution in [0, 0.1) is 0 Å². The topological polar surface area (TPSA) is 86.3 Å². The van der Waals surface area contributed by atoms with E-state index in [1.807, 2.05) is 56.6 Å². The van der Waals surface area contributed by atoms with E-state index in [1.54, 1.807) is 34.0 Å². The van der Waals surface area contributed by atoms with Crippen molar-refractivity contribution in [3.05, 3.63) is 67.1 Å². The highest BCUT2D eigenvalue weighted by Gasteiger charge is 2.15. The summed E-state index contributed by atoms with van der Waals surface area (Å²) in [6.07, 6.45) is 5.24. The van der Waals surface area contributed by atoms with Crippen molar-refractivity contribution in [2.75, 3.05) is 5.32 Å². The van der Waals surface area contributed by atoms with Gasteiger partial charge in [0.15, 0.2) is 11.5 Å². The number of fused-ring (bicyclic) bond motifs is 1. The van der Waals surface area contributed by atoms with Gasteiger partial charge in [0.05, 0.1) is 17.3 Å². The molecule has 8 heteroatoms. The Morgan fingerprint density at radius 1 is 0.897 bits per heavy atom. The zero-order chi connectivity index (χ0) is 19.8. The van der Waals surface area contributed by atoms with E-state index >= 15 is 0 Å². The number of aromatic nitrogens is 7. The molecule has 1 aromatic carbocycles. The van der Waals surface area contributed by atoms with Gasteiger partial charge in [-0.3, -0.25) is 9.36 Å². The van der Waals surface area contributed by atoms with Crippen LogP contribution < -0.4 is 5.32 Å². The average molecular weight is 382 g/mol. The Morgan fingerprint density at radius 2 is 1.69 bits per heavy atom. The summed E-state index contributed by atoms with van der Waals surface area (Å²) in [5.41, 5.74) is 3.58. The van der Waals surface area contributed by atoms with Gasteiger partial charge in [-0.25, -0.2) is 15.0 Å². The molecule has 0 spiro atoms. The van der Waals surface area contributed by atoms with Crippen molar-refractivity contribution in [2.45, 2.75) is 0 Å². The van der Waals surface area contributed by atoms with Crippen LogP contribution in [0.5, 0.6) is 0 Å². The molecule has 0 fully saturated rings. The lowest BCUT2D eigenvalue weighted by Crippen LogP contribution is -2.02. The maximum Gasteiger partial charge on any atom is 0.160 e. The molecule has 0 aliphatic carbocycles. The molecule has 142 valence electrons. The minimum Gasteiger partial charge on any atom is -0.325 e. The molecule has 0 bridgehead atoms. The lowest BCUT2D eigenvalue weighted by atomic mass is 10.1.